The predicted octanol–water partition coefficient (Wildman–Crippen LogP) is 5.06. The lowest BCUT2D eigenvalue weighted by molar-refractivity contribution is 0.137. The lowest BCUT2D eigenvalue weighted by Crippen LogP contribution is -2.26. The average molecular weight is 446 g/mol. The zero-order valence-corrected chi connectivity index (χ0v) is 17.3. The molecule has 0 aliphatic heterocycles. The minimum absolute atomic E-state index is 0.0293. The maximum absolute atomic E-state index is 12.6. The zero-order valence-electron chi connectivity index (χ0n) is 15.8. The summed E-state index contributed by atoms with van der Waals surface area (Å²) in [5.41, 5.74) is 3.13. The van der Waals surface area contributed by atoms with Crippen LogP contribution in [-0.2, 0) is 10.0 Å². The van der Waals surface area contributed by atoms with Gasteiger partial charge in [-0.15, -0.1) is 0 Å². The van der Waals surface area contributed by atoms with Crippen molar-refractivity contribution in [1.82, 2.24) is 4.72 Å². The van der Waals surface area contributed by atoms with Gasteiger partial charge in [-0.1, -0.05) is 66.2 Å². The molecule has 0 aromatic heterocycles. The molecule has 3 aromatic carbocycles. The fraction of sp³-hybridized carbons (Fsp3) is 0.136. The number of hydrogen-bond acceptors (Lipinski definition) is 3. The van der Waals surface area contributed by atoms with Gasteiger partial charge in [0.25, 0.3) is 0 Å². The molecule has 0 unspecified atom stereocenters. The summed E-state index contributed by atoms with van der Waals surface area (Å²) in [7, 11) is -3.51. The molecule has 2 atom stereocenters. The van der Waals surface area contributed by atoms with Crippen LogP contribution >= 0.6 is 11.6 Å². The van der Waals surface area contributed by atoms with Crippen LogP contribution in [0.3, 0.4) is 0 Å². The van der Waals surface area contributed by atoms with Gasteiger partial charge in [-0.3, -0.25) is 0 Å². The number of halogens is 1. The van der Waals surface area contributed by atoms with Gasteiger partial charge in [0, 0.05) is 17.0 Å². The first-order valence-corrected chi connectivity index (χ1v) is 11.0. The zero-order chi connectivity index (χ0) is 21.7. The molecule has 156 valence electrons. The molecule has 4 rings (SSSR count). The van der Waals surface area contributed by atoms with E-state index in [-0.39, 0.29) is 16.9 Å². The van der Waals surface area contributed by atoms with Gasteiger partial charge >= 0.3 is 6.16 Å². The number of nitrogens with one attached hydrogen (secondary N) is 1. The van der Waals surface area contributed by atoms with Crippen LogP contribution < -0.4 is 4.72 Å². The predicted molar refractivity (Wildman–Crippen MR) is 115 cm³/mol. The summed E-state index contributed by atoms with van der Waals surface area (Å²) in [6, 6.07) is 24.4. The highest BCUT2D eigenvalue weighted by Crippen LogP contribution is 2.41. The van der Waals surface area contributed by atoms with E-state index < -0.39 is 16.2 Å². The standard InChI is InChI=1S/C21H18ClNO2S.CH2O3/c22-18-10-6-15(7-11-18)16-8-12-19(13-9-16)26(24,25)23-21-14-20(21)17-4-2-1-3-5-17;2-1(3)4/h1-13,20-21,23H,14H2;(H2,2,3,4)/t20-,21+;/m1./s1. The van der Waals surface area contributed by atoms with Crippen molar-refractivity contribution in [3.63, 3.8) is 0 Å². The second-order valence-electron chi connectivity index (χ2n) is 6.79. The third kappa shape index (κ3) is 5.82. The highest BCUT2D eigenvalue weighted by atomic mass is 35.5. The molecule has 0 bridgehead atoms. The van der Waals surface area contributed by atoms with Gasteiger partial charge in [-0.05, 0) is 47.4 Å². The van der Waals surface area contributed by atoms with Crippen molar-refractivity contribution in [3.8, 4) is 11.1 Å². The van der Waals surface area contributed by atoms with Crippen molar-refractivity contribution in [1.29, 1.82) is 0 Å². The van der Waals surface area contributed by atoms with Crippen molar-refractivity contribution in [3.05, 3.63) is 89.4 Å². The highest BCUT2D eigenvalue weighted by Gasteiger charge is 2.41. The summed E-state index contributed by atoms with van der Waals surface area (Å²) in [6.45, 7) is 0. The molecule has 1 saturated carbocycles. The van der Waals surface area contributed by atoms with Crippen LogP contribution in [0.1, 0.15) is 17.9 Å². The Morgan fingerprint density at radius 1 is 0.867 bits per heavy atom. The molecular weight excluding hydrogens is 426 g/mol. The number of carbonyl (C=O) groups is 1. The number of hydrogen-bond donors (Lipinski definition) is 3. The van der Waals surface area contributed by atoms with Gasteiger partial charge in [0.05, 0.1) is 4.90 Å². The van der Waals surface area contributed by atoms with Crippen molar-refractivity contribution < 1.29 is 23.4 Å². The summed E-state index contributed by atoms with van der Waals surface area (Å²) in [5.74, 6) is 0.263. The lowest BCUT2D eigenvalue weighted by Gasteiger charge is -2.08. The summed E-state index contributed by atoms with van der Waals surface area (Å²) in [5, 5.41) is 14.6. The van der Waals surface area contributed by atoms with Crippen molar-refractivity contribution in [2.24, 2.45) is 0 Å². The highest BCUT2D eigenvalue weighted by molar-refractivity contribution is 7.89. The average Bonchev–Trinajstić information content (AvgIpc) is 3.47. The molecule has 3 N–H and O–H groups in total. The first-order chi connectivity index (χ1) is 14.3. The van der Waals surface area contributed by atoms with E-state index in [9.17, 15) is 8.42 Å². The van der Waals surface area contributed by atoms with Crippen molar-refractivity contribution in [2.45, 2.75) is 23.3 Å². The van der Waals surface area contributed by atoms with Crippen LogP contribution in [0.5, 0.6) is 0 Å². The molecular formula is C22H20ClNO5S. The Hall–Kier alpha value is -2.87. The van der Waals surface area contributed by atoms with Gasteiger partial charge in [0.15, 0.2) is 0 Å². The van der Waals surface area contributed by atoms with E-state index in [0.29, 0.717) is 5.02 Å². The molecule has 0 radical (unpaired) electrons. The second-order valence-corrected chi connectivity index (χ2v) is 8.94. The van der Waals surface area contributed by atoms with E-state index in [2.05, 4.69) is 4.72 Å². The van der Waals surface area contributed by atoms with E-state index in [1.807, 2.05) is 66.7 Å². The molecule has 30 heavy (non-hydrogen) atoms. The Kier molecular flexibility index (Phi) is 6.77. The van der Waals surface area contributed by atoms with Gasteiger partial charge in [0.1, 0.15) is 0 Å². The quantitative estimate of drug-likeness (QED) is 0.509. The molecule has 0 heterocycles. The fourth-order valence-corrected chi connectivity index (χ4v) is 4.55. The molecule has 0 saturated heterocycles. The minimum Gasteiger partial charge on any atom is -0.450 e. The largest absolute Gasteiger partial charge is 0.503 e. The van der Waals surface area contributed by atoms with Crippen LogP contribution in [-0.4, -0.2) is 30.8 Å². The first kappa shape index (κ1) is 21.8. The van der Waals surface area contributed by atoms with E-state index in [0.717, 1.165) is 17.5 Å². The van der Waals surface area contributed by atoms with E-state index >= 15 is 0 Å². The summed E-state index contributed by atoms with van der Waals surface area (Å²) in [6.07, 6.45) is -0.994. The maximum Gasteiger partial charge on any atom is 0.503 e. The van der Waals surface area contributed by atoms with Crippen LogP contribution in [0.15, 0.2) is 83.8 Å². The molecule has 0 spiro atoms. The van der Waals surface area contributed by atoms with Crippen LogP contribution in [0.4, 0.5) is 4.79 Å². The normalized spacial score (nSPS) is 17.5. The number of rotatable bonds is 5. The molecule has 1 aliphatic rings. The second kappa shape index (κ2) is 9.30. The maximum atomic E-state index is 12.6. The van der Waals surface area contributed by atoms with Gasteiger partial charge in [-0.2, -0.15) is 0 Å². The van der Waals surface area contributed by atoms with Crippen LogP contribution in [0.2, 0.25) is 5.02 Å². The third-order valence-electron chi connectivity index (χ3n) is 4.67. The van der Waals surface area contributed by atoms with Crippen molar-refractivity contribution >= 4 is 27.8 Å². The lowest BCUT2D eigenvalue weighted by atomic mass is 10.1. The Morgan fingerprint density at radius 3 is 1.90 bits per heavy atom. The number of sulfonamides is 1. The minimum atomic E-state index is -3.51. The van der Waals surface area contributed by atoms with Gasteiger partial charge in [-0.25, -0.2) is 17.9 Å². The Bertz CT molecular complexity index is 1100. The molecule has 8 heteroatoms. The van der Waals surface area contributed by atoms with E-state index in [1.54, 1.807) is 12.1 Å². The Labute approximate surface area is 179 Å². The summed E-state index contributed by atoms with van der Waals surface area (Å²) < 4.78 is 28.1. The Balaban J connectivity index is 0.000000589. The number of carboxylic acid groups (broad SMARTS) is 2. The molecule has 0 amide bonds. The fourth-order valence-electron chi connectivity index (χ4n) is 3.13. The topological polar surface area (TPSA) is 104 Å². The monoisotopic (exact) mass is 445 g/mol. The van der Waals surface area contributed by atoms with Crippen molar-refractivity contribution in [2.75, 3.05) is 0 Å². The van der Waals surface area contributed by atoms with E-state index in [1.165, 1.54) is 5.56 Å². The first-order valence-electron chi connectivity index (χ1n) is 9.11. The summed E-state index contributed by atoms with van der Waals surface area (Å²) in [4.78, 5) is 8.84. The SMILES string of the molecule is O=C(O)O.O=S(=O)(N[C@H]1C[C@@H]1c1ccccc1)c1ccc(-c2ccc(Cl)cc2)cc1. The molecule has 3 aromatic rings. The van der Waals surface area contributed by atoms with Crippen LogP contribution in [0, 0.1) is 0 Å². The van der Waals surface area contributed by atoms with E-state index in [4.69, 9.17) is 26.6 Å². The molecule has 6 nitrogen and oxygen atoms in total. The molecule has 1 aliphatic carbocycles. The van der Waals surface area contributed by atoms with Gasteiger partial charge in [0.2, 0.25) is 10.0 Å². The number of benzene rings is 3. The molecule has 1 fully saturated rings. The summed E-state index contributed by atoms with van der Waals surface area (Å²) >= 11 is 5.91. The van der Waals surface area contributed by atoms with Gasteiger partial charge < -0.3 is 10.2 Å². The van der Waals surface area contributed by atoms with Crippen LogP contribution in [0.25, 0.3) is 11.1 Å². The third-order valence-corrected chi connectivity index (χ3v) is 6.42. The Morgan fingerprint density at radius 2 is 1.37 bits per heavy atom. The smallest absolute Gasteiger partial charge is 0.450 e.